The lowest BCUT2D eigenvalue weighted by Gasteiger charge is -2.36. The van der Waals surface area contributed by atoms with Crippen LogP contribution in [0.15, 0.2) is 102 Å². The van der Waals surface area contributed by atoms with Crippen molar-refractivity contribution in [3.63, 3.8) is 0 Å². The number of benzene rings is 3. The van der Waals surface area contributed by atoms with E-state index in [1.54, 1.807) is 26.8 Å². The largest absolute Gasteiger partial charge is 0.497 e. The van der Waals surface area contributed by atoms with Gasteiger partial charge in [0.1, 0.15) is 17.1 Å². The molecule has 0 fully saturated rings. The first-order valence-corrected chi connectivity index (χ1v) is 19.2. The summed E-state index contributed by atoms with van der Waals surface area (Å²) in [6.45, 7) is 8.41. The Balaban J connectivity index is 0.000000493. The summed E-state index contributed by atoms with van der Waals surface area (Å²) in [5.41, 5.74) is 2.47. The second-order valence-corrected chi connectivity index (χ2v) is 14.4. The van der Waals surface area contributed by atoms with Gasteiger partial charge in [0.2, 0.25) is 0 Å². The van der Waals surface area contributed by atoms with Crippen molar-refractivity contribution in [3.05, 3.63) is 119 Å². The molecular formula is C43H54N5O6P. The molecule has 0 aliphatic carbocycles. The van der Waals surface area contributed by atoms with Gasteiger partial charge in [0.15, 0.2) is 5.82 Å². The van der Waals surface area contributed by atoms with Crippen LogP contribution in [0.4, 0.5) is 5.82 Å². The van der Waals surface area contributed by atoms with Gasteiger partial charge in [-0.3, -0.25) is 0 Å². The fraction of sp³-hybridized carbons (Fsp3) is 0.372. The molecule has 0 aliphatic rings. The number of aliphatic hydroxyl groups is 1. The molecule has 1 heterocycles. The highest BCUT2D eigenvalue weighted by molar-refractivity contribution is 7.43. The Labute approximate surface area is 328 Å². The molecule has 0 radical (unpaired) electrons. The third-order valence-corrected chi connectivity index (χ3v) is 9.81. The number of rotatable bonds is 17. The van der Waals surface area contributed by atoms with E-state index in [4.69, 9.17) is 24.0 Å². The van der Waals surface area contributed by atoms with E-state index in [1.165, 1.54) is 0 Å². The molecule has 2 atom stereocenters. The third kappa shape index (κ3) is 13.8. The van der Waals surface area contributed by atoms with E-state index in [0.717, 1.165) is 33.8 Å². The number of nitriles is 1. The molecule has 0 amide bonds. The number of ether oxygens (including phenoxy) is 3. The molecule has 4 aromatic rings. The number of hydrogen-bond donors (Lipinski definition) is 2. The van der Waals surface area contributed by atoms with Crippen LogP contribution >= 0.6 is 8.53 Å². The van der Waals surface area contributed by atoms with Crippen molar-refractivity contribution in [2.45, 2.75) is 64.3 Å². The van der Waals surface area contributed by atoms with Crippen LogP contribution in [0.2, 0.25) is 0 Å². The lowest BCUT2D eigenvalue weighted by atomic mass is 9.80. The van der Waals surface area contributed by atoms with Crippen molar-refractivity contribution in [2.24, 2.45) is 4.99 Å². The molecular weight excluding hydrogens is 713 g/mol. The molecule has 3 aromatic carbocycles. The fourth-order valence-electron chi connectivity index (χ4n) is 5.57. The fourth-order valence-corrected chi connectivity index (χ4v) is 6.75. The highest BCUT2D eigenvalue weighted by atomic mass is 31.2. The highest BCUT2D eigenvalue weighted by Crippen LogP contribution is 2.42. The van der Waals surface area contributed by atoms with E-state index in [2.05, 4.69) is 21.8 Å². The van der Waals surface area contributed by atoms with Crippen molar-refractivity contribution in [2.75, 3.05) is 41.5 Å². The molecule has 0 spiro atoms. The predicted molar refractivity (Wildman–Crippen MR) is 219 cm³/mol. The zero-order valence-corrected chi connectivity index (χ0v) is 34.0. The van der Waals surface area contributed by atoms with Crippen molar-refractivity contribution >= 4 is 20.7 Å². The summed E-state index contributed by atoms with van der Waals surface area (Å²) in [5, 5.41) is 19.3. The number of aromatic nitrogens is 1. The topological polar surface area (TPSA) is 133 Å². The summed E-state index contributed by atoms with van der Waals surface area (Å²) in [7, 11) is 5.52. The smallest absolute Gasteiger partial charge is 0.256 e. The van der Waals surface area contributed by atoms with Crippen molar-refractivity contribution in [1.29, 1.82) is 5.26 Å². The normalized spacial score (nSPS) is 12.4. The Morgan fingerprint density at radius 3 is 1.89 bits per heavy atom. The molecule has 0 saturated heterocycles. The minimum absolute atomic E-state index is 0.0536. The van der Waals surface area contributed by atoms with Crippen molar-refractivity contribution in [1.82, 2.24) is 14.6 Å². The molecule has 1 aromatic heterocycles. The molecule has 12 heteroatoms. The minimum Gasteiger partial charge on any atom is -0.497 e. The Kier molecular flexibility index (Phi) is 18.8. The molecule has 4 rings (SSSR count). The first-order valence-electron chi connectivity index (χ1n) is 18.0. The molecule has 292 valence electrons. The molecule has 11 nitrogen and oxygen atoms in total. The average molecular weight is 768 g/mol. The second-order valence-electron chi connectivity index (χ2n) is 13.1. The van der Waals surface area contributed by atoms with E-state index in [0.29, 0.717) is 18.8 Å². The van der Waals surface area contributed by atoms with Gasteiger partial charge in [-0.1, -0.05) is 66.4 Å². The number of hydrogen-bond acceptors (Lipinski definition) is 10. The van der Waals surface area contributed by atoms with Gasteiger partial charge >= 0.3 is 0 Å². The Morgan fingerprint density at radius 2 is 1.42 bits per heavy atom. The second kappa shape index (κ2) is 23.2. The van der Waals surface area contributed by atoms with E-state index in [-0.39, 0.29) is 25.1 Å². The summed E-state index contributed by atoms with van der Waals surface area (Å²) >= 11 is 0. The van der Waals surface area contributed by atoms with E-state index in [1.807, 2.05) is 148 Å². The maximum atomic E-state index is 11.0. The van der Waals surface area contributed by atoms with Crippen LogP contribution in [0.25, 0.3) is 0 Å². The van der Waals surface area contributed by atoms with Gasteiger partial charge < -0.3 is 33.6 Å². The summed E-state index contributed by atoms with van der Waals surface area (Å²) < 4.78 is 24.6. The maximum Gasteiger partial charge on any atom is 0.256 e. The van der Waals surface area contributed by atoms with Crippen molar-refractivity contribution in [3.8, 4) is 29.4 Å². The predicted octanol–water partition coefficient (Wildman–Crippen LogP) is 7.69. The number of nitrogens with zero attached hydrogens (tertiary/aromatic N) is 5. The van der Waals surface area contributed by atoms with Crippen LogP contribution in [0.1, 0.15) is 62.8 Å². The lowest BCUT2D eigenvalue weighted by molar-refractivity contribution is -0.0363. The average Bonchev–Trinajstić information content (AvgIpc) is 3.18. The van der Waals surface area contributed by atoms with Crippen molar-refractivity contribution < 1.29 is 28.7 Å². The van der Waals surface area contributed by atoms with Gasteiger partial charge in [-0.25, -0.2) is 14.6 Å². The number of aliphatic hydroxyl groups excluding tert-OH is 1. The van der Waals surface area contributed by atoms with E-state index >= 15 is 0 Å². The standard InChI is InChI=1S/C34H35N3O4.C9H19N2O2P/c1-37(2)25-36-33-22-13-26(23-35-33)9-8-12-30(38)24-41-34(27-10-6-5-7-11-27,28-14-18-31(39-3)19-15-28)29-16-20-32(40-4)21-17-29;1-8(2)11(9(3)4)14(12)13-7-5-6-10/h5-7,10-11,13-23,25,30,38H,12,24H2,1-4H3;8-9,12H,5,7H2,1-4H3/t30-;/m0./s1. The summed E-state index contributed by atoms with van der Waals surface area (Å²) in [6.07, 6.45) is 3.10. The van der Waals surface area contributed by atoms with Gasteiger partial charge in [0.25, 0.3) is 8.53 Å². The van der Waals surface area contributed by atoms with Gasteiger partial charge in [0.05, 0.1) is 52.4 Å². The molecule has 0 saturated carbocycles. The monoisotopic (exact) mass is 767 g/mol. The highest BCUT2D eigenvalue weighted by Gasteiger charge is 2.38. The van der Waals surface area contributed by atoms with Crippen LogP contribution in [-0.4, -0.2) is 90.6 Å². The third-order valence-electron chi connectivity index (χ3n) is 8.08. The van der Waals surface area contributed by atoms with E-state index in [9.17, 15) is 10.00 Å². The van der Waals surface area contributed by atoms with Crippen LogP contribution in [0.5, 0.6) is 11.5 Å². The van der Waals surface area contributed by atoms with Crippen LogP contribution < -0.4 is 9.47 Å². The summed E-state index contributed by atoms with van der Waals surface area (Å²) in [4.78, 5) is 20.2. The van der Waals surface area contributed by atoms with Crippen LogP contribution in [0, 0.1) is 23.2 Å². The first-order chi connectivity index (χ1) is 26.4. The summed E-state index contributed by atoms with van der Waals surface area (Å²) in [5.74, 6) is 8.21. The quantitative estimate of drug-likeness (QED) is 0.0275. The lowest BCUT2D eigenvalue weighted by Crippen LogP contribution is -2.35. The molecule has 0 aliphatic heterocycles. The summed E-state index contributed by atoms with van der Waals surface area (Å²) in [6, 6.07) is 31.7. The zero-order valence-electron chi connectivity index (χ0n) is 33.1. The maximum absolute atomic E-state index is 11.0. The molecule has 55 heavy (non-hydrogen) atoms. The number of aliphatic imine (C=N–C) groups is 1. The van der Waals surface area contributed by atoms with Crippen LogP contribution in [-0.2, 0) is 14.9 Å². The minimum atomic E-state index is -1.55. The zero-order chi connectivity index (χ0) is 40.2. The Hall–Kier alpha value is -4.84. The van der Waals surface area contributed by atoms with Gasteiger partial charge in [-0.2, -0.15) is 5.26 Å². The first kappa shape index (κ1) is 44.6. The number of pyridine rings is 1. The Morgan fingerprint density at radius 1 is 0.855 bits per heavy atom. The Bertz CT molecular complexity index is 1770. The SMILES string of the molecule is CC(C)N(C(C)C)P(O)OCCC#N.COc1ccc(C(OC[C@@H](O)CC#Cc2ccc(N=CN(C)C)nc2)(c2ccccc2)c2ccc(OC)cc2)cc1. The van der Waals surface area contributed by atoms with Gasteiger partial charge in [0, 0.05) is 44.4 Å². The molecule has 1 unspecified atom stereocenters. The molecule has 0 bridgehead atoms. The molecule has 2 N–H and O–H groups in total. The van der Waals surface area contributed by atoms with Crippen LogP contribution in [0.3, 0.4) is 0 Å². The number of methoxy groups -OCH3 is 2. The van der Waals surface area contributed by atoms with Gasteiger partial charge in [-0.05, 0) is 80.8 Å². The van der Waals surface area contributed by atoms with E-state index < -0.39 is 20.2 Å². The van der Waals surface area contributed by atoms with Gasteiger partial charge in [-0.15, -0.1) is 0 Å².